The van der Waals surface area contributed by atoms with Crippen molar-refractivity contribution in [1.82, 2.24) is 0 Å². The number of nitro benzene ring substituents is 1. The Balaban J connectivity index is 2.34. The zero-order chi connectivity index (χ0) is 20.7. The highest BCUT2D eigenvalue weighted by Gasteiger charge is 2.15. The van der Waals surface area contributed by atoms with Gasteiger partial charge in [-0.25, -0.2) is 0 Å². The van der Waals surface area contributed by atoms with Gasteiger partial charge >= 0.3 is 0 Å². The van der Waals surface area contributed by atoms with Crippen molar-refractivity contribution in [2.24, 2.45) is 0 Å². The summed E-state index contributed by atoms with van der Waals surface area (Å²) >= 11 is 6.21. The van der Waals surface area contributed by atoms with Gasteiger partial charge in [0.15, 0.2) is 11.5 Å². The molecule has 0 aliphatic rings. The molecule has 1 amide bonds. The van der Waals surface area contributed by atoms with Crippen LogP contribution in [0.4, 0.5) is 11.4 Å². The molecule has 0 saturated heterocycles. The van der Waals surface area contributed by atoms with Crippen LogP contribution in [0.15, 0.2) is 42.0 Å². The Labute approximate surface area is 166 Å². The number of hydrogen-bond donors (Lipinski definition) is 1. The summed E-state index contributed by atoms with van der Waals surface area (Å²) in [5.41, 5.74) is 0.161. The molecule has 2 aromatic rings. The topological polar surface area (TPSA) is 114 Å². The number of anilines is 1. The monoisotopic (exact) mass is 401 g/mol. The molecular formula is C19H16ClN3O5. The van der Waals surface area contributed by atoms with E-state index in [0.717, 1.165) is 0 Å². The van der Waals surface area contributed by atoms with Gasteiger partial charge in [0.2, 0.25) is 0 Å². The predicted octanol–water partition coefficient (Wildman–Crippen LogP) is 4.20. The highest BCUT2D eigenvalue weighted by Crippen LogP contribution is 2.34. The second kappa shape index (κ2) is 9.39. The molecule has 0 fully saturated rings. The number of nitrogens with one attached hydrogen (secondary N) is 1. The molecule has 0 atom stereocenters. The van der Waals surface area contributed by atoms with Crippen molar-refractivity contribution in [3.05, 3.63) is 62.7 Å². The largest absolute Gasteiger partial charge is 0.493 e. The molecule has 9 heteroatoms. The van der Waals surface area contributed by atoms with E-state index in [0.29, 0.717) is 23.7 Å². The van der Waals surface area contributed by atoms with Gasteiger partial charge in [0.05, 0.1) is 23.7 Å². The quantitative estimate of drug-likeness (QED) is 0.322. The lowest BCUT2D eigenvalue weighted by atomic mass is 10.1. The smallest absolute Gasteiger partial charge is 0.271 e. The number of halogens is 1. The first-order valence-electron chi connectivity index (χ1n) is 8.07. The normalized spacial score (nSPS) is 10.7. The summed E-state index contributed by atoms with van der Waals surface area (Å²) in [5, 5.41) is 22.9. The Morgan fingerprint density at radius 1 is 1.36 bits per heavy atom. The van der Waals surface area contributed by atoms with E-state index in [-0.39, 0.29) is 22.0 Å². The maximum atomic E-state index is 12.4. The summed E-state index contributed by atoms with van der Waals surface area (Å²) in [6, 6.07) is 10.3. The summed E-state index contributed by atoms with van der Waals surface area (Å²) in [5.74, 6) is 0.105. The van der Waals surface area contributed by atoms with Crippen LogP contribution in [0, 0.1) is 21.4 Å². The Kier molecular flexibility index (Phi) is 6.96. The van der Waals surface area contributed by atoms with Crippen LogP contribution in [0.1, 0.15) is 12.5 Å². The lowest BCUT2D eigenvalue weighted by Gasteiger charge is -2.11. The maximum absolute atomic E-state index is 12.4. The molecule has 0 aromatic heterocycles. The van der Waals surface area contributed by atoms with Gasteiger partial charge in [-0.05, 0) is 30.7 Å². The molecule has 0 aliphatic carbocycles. The highest BCUT2D eigenvalue weighted by atomic mass is 35.5. The van der Waals surface area contributed by atoms with E-state index in [2.05, 4.69) is 5.32 Å². The van der Waals surface area contributed by atoms with E-state index in [1.807, 2.05) is 0 Å². The minimum absolute atomic E-state index is 0.181. The third-order valence-corrected chi connectivity index (χ3v) is 3.89. The molecule has 0 saturated carbocycles. The van der Waals surface area contributed by atoms with Crippen LogP contribution in [-0.4, -0.2) is 24.5 Å². The number of carbonyl (C=O) groups excluding carboxylic acids is 1. The van der Waals surface area contributed by atoms with Crippen molar-refractivity contribution < 1.29 is 19.2 Å². The number of nitriles is 1. The molecule has 144 valence electrons. The van der Waals surface area contributed by atoms with Crippen LogP contribution >= 0.6 is 11.6 Å². The first kappa shape index (κ1) is 20.7. The van der Waals surface area contributed by atoms with Crippen LogP contribution in [0.25, 0.3) is 6.08 Å². The first-order chi connectivity index (χ1) is 13.4. The van der Waals surface area contributed by atoms with Crippen LogP contribution in [0.5, 0.6) is 11.5 Å². The summed E-state index contributed by atoms with van der Waals surface area (Å²) in [6.07, 6.45) is 1.30. The molecule has 0 spiro atoms. The second-order valence-electron chi connectivity index (χ2n) is 5.39. The number of amides is 1. The number of benzene rings is 2. The molecule has 2 rings (SSSR count). The number of ether oxygens (including phenoxy) is 2. The molecule has 1 N–H and O–H groups in total. The number of nitrogens with zero attached hydrogens (tertiary/aromatic N) is 2. The van der Waals surface area contributed by atoms with Crippen LogP contribution in [0.2, 0.25) is 5.02 Å². The molecule has 0 aliphatic heterocycles. The fourth-order valence-corrected chi connectivity index (χ4v) is 2.50. The molecule has 0 bridgehead atoms. The van der Waals surface area contributed by atoms with Gasteiger partial charge in [-0.2, -0.15) is 5.26 Å². The van der Waals surface area contributed by atoms with Crippen molar-refractivity contribution in [2.45, 2.75) is 6.92 Å². The average molecular weight is 402 g/mol. The molecular weight excluding hydrogens is 386 g/mol. The first-order valence-corrected chi connectivity index (χ1v) is 8.45. The third kappa shape index (κ3) is 4.99. The molecule has 0 heterocycles. The number of rotatable bonds is 7. The summed E-state index contributed by atoms with van der Waals surface area (Å²) in [7, 11) is 1.47. The molecule has 0 radical (unpaired) electrons. The Morgan fingerprint density at radius 2 is 2.11 bits per heavy atom. The van der Waals surface area contributed by atoms with Gasteiger partial charge in [-0.3, -0.25) is 14.9 Å². The summed E-state index contributed by atoms with van der Waals surface area (Å²) < 4.78 is 10.7. The second-order valence-corrected chi connectivity index (χ2v) is 5.80. The van der Waals surface area contributed by atoms with Crippen molar-refractivity contribution in [2.75, 3.05) is 19.0 Å². The lowest BCUT2D eigenvalue weighted by molar-refractivity contribution is -0.384. The Morgan fingerprint density at radius 3 is 2.71 bits per heavy atom. The van der Waals surface area contributed by atoms with Crippen LogP contribution in [-0.2, 0) is 4.79 Å². The van der Waals surface area contributed by atoms with E-state index in [4.69, 9.17) is 21.1 Å². The molecule has 0 unspecified atom stereocenters. The summed E-state index contributed by atoms with van der Waals surface area (Å²) in [4.78, 5) is 22.7. The van der Waals surface area contributed by atoms with Crippen LogP contribution in [0.3, 0.4) is 0 Å². The van der Waals surface area contributed by atoms with Gasteiger partial charge in [0.25, 0.3) is 11.6 Å². The standard InChI is InChI=1S/C19H16ClN3O5/c1-3-28-18-8-12(16(20)10-17(18)27-2)7-13(11-21)19(24)22-14-5-4-6-15(9-14)23(25)26/h4-10H,3H2,1-2H3,(H,22,24)/b13-7+. The van der Waals surface area contributed by atoms with E-state index >= 15 is 0 Å². The molecule has 2 aromatic carbocycles. The van der Waals surface area contributed by atoms with Gasteiger partial charge in [0.1, 0.15) is 11.6 Å². The zero-order valence-electron chi connectivity index (χ0n) is 15.1. The predicted molar refractivity (Wildman–Crippen MR) is 104 cm³/mol. The minimum atomic E-state index is -0.729. The number of nitro groups is 1. The third-order valence-electron chi connectivity index (χ3n) is 3.56. The maximum Gasteiger partial charge on any atom is 0.271 e. The zero-order valence-corrected chi connectivity index (χ0v) is 15.8. The lowest BCUT2D eigenvalue weighted by Crippen LogP contribution is -2.13. The van der Waals surface area contributed by atoms with Crippen LogP contribution < -0.4 is 14.8 Å². The van der Waals surface area contributed by atoms with Crippen molar-refractivity contribution in [1.29, 1.82) is 5.26 Å². The van der Waals surface area contributed by atoms with E-state index in [1.54, 1.807) is 19.1 Å². The number of methoxy groups -OCH3 is 1. The molecule has 8 nitrogen and oxygen atoms in total. The van der Waals surface area contributed by atoms with E-state index < -0.39 is 10.8 Å². The van der Waals surface area contributed by atoms with E-state index in [9.17, 15) is 20.2 Å². The minimum Gasteiger partial charge on any atom is -0.493 e. The van der Waals surface area contributed by atoms with E-state index in [1.165, 1.54) is 43.5 Å². The van der Waals surface area contributed by atoms with Gasteiger partial charge in [-0.15, -0.1) is 0 Å². The fourth-order valence-electron chi connectivity index (χ4n) is 2.29. The number of non-ortho nitro benzene ring substituents is 1. The fraction of sp³-hybridized carbons (Fsp3) is 0.158. The molecule has 28 heavy (non-hydrogen) atoms. The van der Waals surface area contributed by atoms with Gasteiger partial charge in [0, 0.05) is 23.9 Å². The van der Waals surface area contributed by atoms with Gasteiger partial charge < -0.3 is 14.8 Å². The van der Waals surface area contributed by atoms with Crippen molar-refractivity contribution >= 4 is 35.0 Å². The van der Waals surface area contributed by atoms with Crippen molar-refractivity contribution in [3.8, 4) is 17.6 Å². The Bertz CT molecular complexity index is 982. The highest BCUT2D eigenvalue weighted by molar-refractivity contribution is 6.32. The summed E-state index contributed by atoms with van der Waals surface area (Å²) in [6.45, 7) is 2.19. The SMILES string of the molecule is CCOc1cc(/C=C(\C#N)C(=O)Nc2cccc([N+](=O)[O-])c2)c(Cl)cc1OC. The number of hydrogen-bond acceptors (Lipinski definition) is 6. The van der Waals surface area contributed by atoms with Gasteiger partial charge in [-0.1, -0.05) is 17.7 Å². The average Bonchev–Trinajstić information content (AvgIpc) is 2.68. The Hall–Kier alpha value is -3.57. The number of carbonyl (C=O) groups is 1. The van der Waals surface area contributed by atoms with Crippen molar-refractivity contribution in [3.63, 3.8) is 0 Å².